The number of carbonyl (C=O) groups is 8. The zero-order chi connectivity index (χ0) is 63.7. The zero-order valence-corrected chi connectivity index (χ0v) is 52.2. The molecular weight excluding hydrogens is 1140 g/mol. The highest BCUT2D eigenvalue weighted by atomic mass is 19.1. The average molecular weight is 1230 g/mol. The smallest absolute Gasteiger partial charge is 0.344 e. The van der Waals surface area contributed by atoms with Gasteiger partial charge >= 0.3 is 29.8 Å². The number of hydrogen-bond donors (Lipinski definition) is 1. The third-order valence-corrected chi connectivity index (χ3v) is 16.8. The number of esters is 5. The minimum absolute atomic E-state index is 0.0255. The number of hydrogen-bond acceptors (Lipinski definition) is 16. The highest BCUT2D eigenvalue weighted by molar-refractivity contribution is 5.92. The molecule has 0 aromatic heterocycles. The van der Waals surface area contributed by atoms with Crippen molar-refractivity contribution in [1.82, 2.24) is 20.0 Å². The van der Waals surface area contributed by atoms with Gasteiger partial charge in [0.25, 0.3) is 17.7 Å². The van der Waals surface area contributed by atoms with Gasteiger partial charge in [0.1, 0.15) is 42.1 Å². The monoisotopic (exact) mass is 1230 g/mol. The average Bonchev–Trinajstić information content (AvgIpc) is 4.64. The molecule has 0 unspecified atom stereocenters. The number of rotatable bonds is 32. The van der Waals surface area contributed by atoms with Crippen molar-refractivity contribution in [3.8, 4) is 0 Å². The van der Waals surface area contributed by atoms with Crippen LogP contribution in [0.4, 0.5) is 8.78 Å². The van der Waals surface area contributed by atoms with Gasteiger partial charge in [-0.15, -0.1) is 0 Å². The fourth-order valence-corrected chi connectivity index (χ4v) is 11.1. The molecule has 2 aliphatic heterocycles. The predicted molar refractivity (Wildman–Crippen MR) is 320 cm³/mol. The second kappa shape index (κ2) is 31.9. The van der Waals surface area contributed by atoms with Crippen LogP contribution >= 0.6 is 0 Å². The minimum atomic E-state index is -2.11. The first-order valence-corrected chi connectivity index (χ1v) is 30.8. The van der Waals surface area contributed by atoms with Gasteiger partial charge in [-0.2, -0.15) is 0 Å². The molecule has 4 fully saturated rings. The van der Waals surface area contributed by atoms with Crippen LogP contribution in [0.5, 0.6) is 0 Å². The lowest BCUT2D eigenvalue weighted by Gasteiger charge is -2.33. The molecule has 3 aliphatic carbocycles. The first-order chi connectivity index (χ1) is 41.9. The molecule has 2 saturated carbocycles. The van der Waals surface area contributed by atoms with Crippen molar-refractivity contribution in [3.63, 3.8) is 0 Å². The van der Waals surface area contributed by atoms with Crippen molar-refractivity contribution in [2.75, 3.05) is 74.4 Å². The molecule has 5 aliphatic rings. The number of carbonyl (C=O) groups excluding carboxylic acids is 8. The Kier molecular flexibility index (Phi) is 24.9. The van der Waals surface area contributed by atoms with Gasteiger partial charge in [-0.05, 0) is 131 Å². The van der Waals surface area contributed by atoms with E-state index in [-0.39, 0.29) is 56.5 Å². The molecule has 0 radical (unpaired) electrons. The van der Waals surface area contributed by atoms with Gasteiger partial charge < -0.3 is 53.2 Å². The number of halogens is 2. The summed E-state index contributed by atoms with van der Waals surface area (Å²) in [5.41, 5.74) is 5.67. The molecule has 19 nitrogen and oxygen atoms in total. The first kappa shape index (κ1) is 68.5. The highest BCUT2D eigenvalue weighted by Crippen LogP contribution is 2.37. The lowest BCUT2D eigenvalue weighted by atomic mass is 9.90. The number of likely N-dealkylation sites (N-methyl/N-ethyl adjacent to an activating group) is 4. The Morgan fingerprint density at radius 1 is 0.591 bits per heavy atom. The Balaban J connectivity index is 1.07. The molecule has 2 heterocycles. The van der Waals surface area contributed by atoms with E-state index in [1.807, 2.05) is 48.5 Å². The summed E-state index contributed by atoms with van der Waals surface area (Å²) in [7, 11) is 5.44. The topological polar surface area (TPSA) is 223 Å². The van der Waals surface area contributed by atoms with Crippen molar-refractivity contribution in [3.05, 3.63) is 106 Å². The molecule has 2 aromatic rings. The second-order valence-corrected chi connectivity index (χ2v) is 25.2. The molecule has 3 amide bonds. The summed E-state index contributed by atoms with van der Waals surface area (Å²) in [6.45, 7) is 5.76. The van der Waals surface area contributed by atoms with Gasteiger partial charge in [0.2, 0.25) is 0 Å². The van der Waals surface area contributed by atoms with Crippen LogP contribution in [0, 0.1) is 11.8 Å². The Labute approximate surface area is 515 Å². The van der Waals surface area contributed by atoms with E-state index in [1.54, 1.807) is 18.2 Å². The standard InChI is InChI=1S/C67H88F2N4O15/c1-66(2,68)38-52(70-5)62(78)87-56(36-45-18-22-48(23-19-45)50-26-30-82-31-27-50)60(76)72(7)53(34-43-14-15-43)63(79)85-41-58(74)71(6)55(39-67(3,4)69)65(81)88-57(37-46-20-24-49(25-21-46)51-28-32-83-33-29-51)61(77)73(8)54(35-44-16-17-44)64(80)86-42-59(75)84-40-47-12-10-9-11-13-47/h9-10,12,18-25,43-44,50-57,70H,14-17,26-42H2,1-8H3/t52-,53-,54-,55-,56+,57+/m0/s1. The Hall–Kier alpha value is -7.02. The van der Waals surface area contributed by atoms with E-state index in [4.69, 9.17) is 33.2 Å². The third kappa shape index (κ3) is 21.4. The summed E-state index contributed by atoms with van der Waals surface area (Å²) in [6.07, 6.45) is 7.57. The molecular formula is C67H88F2N4O15. The van der Waals surface area contributed by atoms with Crippen LogP contribution in [0.25, 0.3) is 0 Å². The van der Waals surface area contributed by atoms with E-state index >= 15 is 4.39 Å². The third-order valence-electron chi connectivity index (χ3n) is 16.8. The maximum Gasteiger partial charge on any atom is 0.344 e. The summed E-state index contributed by atoms with van der Waals surface area (Å²) < 4.78 is 70.3. The molecule has 2 aromatic carbocycles. The van der Waals surface area contributed by atoms with Crippen LogP contribution < -0.4 is 5.32 Å². The van der Waals surface area contributed by atoms with E-state index in [1.165, 1.54) is 55.9 Å². The number of nitrogens with one attached hydrogen (secondary N) is 1. The van der Waals surface area contributed by atoms with Crippen LogP contribution in [-0.2, 0) is 84.4 Å². The fourth-order valence-electron chi connectivity index (χ4n) is 11.1. The molecule has 6 atom stereocenters. The molecule has 7 rings (SSSR count). The number of ether oxygens (including phenoxy) is 7. The fraction of sp³-hybridized carbons (Fsp3) is 0.612. The largest absolute Gasteiger partial charge is 0.458 e. The molecule has 88 heavy (non-hydrogen) atoms. The number of benzene rings is 2. The summed E-state index contributed by atoms with van der Waals surface area (Å²) in [5, 5.41) is 2.79. The van der Waals surface area contributed by atoms with Crippen molar-refractivity contribution in [2.24, 2.45) is 11.8 Å². The molecule has 0 spiro atoms. The van der Waals surface area contributed by atoms with Crippen molar-refractivity contribution < 1.29 is 80.3 Å². The predicted octanol–water partition coefficient (Wildman–Crippen LogP) is 7.47. The number of amides is 3. The summed E-state index contributed by atoms with van der Waals surface area (Å²) in [5.74, 6) is -6.58. The zero-order valence-electron chi connectivity index (χ0n) is 52.2. The first-order valence-electron chi connectivity index (χ1n) is 30.8. The normalized spacial score (nSPS) is 18.3. The van der Waals surface area contributed by atoms with Gasteiger partial charge in [-0.3, -0.25) is 19.2 Å². The molecule has 480 valence electrons. The van der Waals surface area contributed by atoms with Gasteiger partial charge in [0.05, 0.1) is 0 Å². The number of nitrogens with zero attached hydrogens (tertiary/aromatic N) is 3. The summed E-state index contributed by atoms with van der Waals surface area (Å²) in [6, 6.07) is 9.84. The lowest BCUT2D eigenvalue weighted by molar-refractivity contribution is -0.172. The minimum Gasteiger partial charge on any atom is -0.458 e. The number of alkyl halides is 2. The quantitative estimate of drug-likeness (QED) is 0.0426. The Bertz CT molecular complexity index is 2890. The Morgan fingerprint density at radius 3 is 1.47 bits per heavy atom. The van der Waals surface area contributed by atoms with Gasteiger partial charge in [0.15, 0.2) is 25.4 Å². The van der Waals surface area contributed by atoms with E-state index in [9.17, 15) is 42.7 Å². The van der Waals surface area contributed by atoms with Crippen LogP contribution in [0.2, 0.25) is 0 Å². The lowest BCUT2D eigenvalue weighted by Crippen LogP contribution is -2.53. The number of allylic oxidation sites excluding steroid dienone is 2. The highest BCUT2D eigenvalue weighted by Gasteiger charge is 2.43. The summed E-state index contributed by atoms with van der Waals surface area (Å²) >= 11 is 0. The van der Waals surface area contributed by atoms with Crippen molar-refractivity contribution in [2.45, 2.75) is 177 Å². The SMILES string of the molecule is CN[C@@H](CC(C)(C)F)C(=O)O[C@H](Cc1ccc(C2CCOCC2)cc1)C(=O)N(C)[C@@H](CC1CC1)C(=O)OCC(=O)N(C)[C@@H](CC(C)(C)F)C(=O)O[C@H](Cc1ccc(C2CCOCC2)cc1)C(=O)N(C)[C@@H](CC1CC1)C(=O)OCC(=O)OCC1=C=C=CC=C1. The van der Waals surface area contributed by atoms with E-state index in [0.29, 0.717) is 49.0 Å². The Morgan fingerprint density at radius 2 is 1.05 bits per heavy atom. The van der Waals surface area contributed by atoms with Crippen LogP contribution in [0.15, 0.2) is 83.8 Å². The van der Waals surface area contributed by atoms with Gasteiger partial charge in [-0.25, -0.2) is 28.0 Å². The van der Waals surface area contributed by atoms with E-state index in [0.717, 1.165) is 77.2 Å². The van der Waals surface area contributed by atoms with Crippen LogP contribution in [0.3, 0.4) is 0 Å². The van der Waals surface area contributed by atoms with Crippen molar-refractivity contribution in [1.29, 1.82) is 0 Å². The second-order valence-electron chi connectivity index (χ2n) is 25.2. The molecule has 21 heteroatoms. The van der Waals surface area contributed by atoms with Crippen LogP contribution in [0.1, 0.15) is 139 Å². The van der Waals surface area contributed by atoms with E-state index in [2.05, 4.69) is 16.8 Å². The van der Waals surface area contributed by atoms with Crippen LogP contribution in [-0.4, -0.2) is 184 Å². The van der Waals surface area contributed by atoms with Gasteiger partial charge in [-0.1, -0.05) is 91.8 Å². The molecule has 2 saturated heterocycles. The van der Waals surface area contributed by atoms with Crippen molar-refractivity contribution >= 4 is 47.6 Å². The maximum atomic E-state index is 15.9. The summed E-state index contributed by atoms with van der Waals surface area (Å²) in [4.78, 5) is 116. The van der Waals surface area contributed by atoms with E-state index < -0.39 is 115 Å². The van der Waals surface area contributed by atoms with Gasteiger partial charge in [0, 0.05) is 78.8 Å². The molecule has 0 bridgehead atoms. The maximum absolute atomic E-state index is 15.9. The molecule has 1 N–H and O–H groups in total.